The number of aryl methyl sites for hydroxylation is 1. The Hall–Kier alpha value is -3.60. The first-order chi connectivity index (χ1) is 17.2. The van der Waals surface area contributed by atoms with Crippen LogP contribution in [0.2, 0.25) is 5.02 Å². The monoisotopic (exact) mass is 478 g/mol. The number of nitrogens with zero attached hydrogens (tertiary/aromatic N) is 3. The molecule has 1 aliphatic heterocycles. The molecule has 0 spiro atoms. The van der Waals surface area contributed by atoms with E-state index in [0.717, 1.165) is 64.6 Å². The first-order valence-corrected chi connectivity index (χ1v) is 12.4. The lowest BCUT2D eigenvalue weighted by molar-refractivity contribution is 0.589. The van der Waals surface area contributed by atoms with Gasteiger partial charge in [0.1, 0.15) is 5.65 Å². The fraction of sp³-hybridized carbons (Fsp3) is 0.167. The van der Waals surface area contributed by atoms with E-state index in [1.165, 1.54) is 16.8 Å². The third-order valence-electron chi connectivity index (χ3n) is 6.90. The normalized spacial score (nSPS) is 13.9. The van der Waals surface area contributed by atoms with Gasteiger partial charge in [0.05, 0.1) is 10.7 Å². The van der Waals surface area contributed by atoms with Crippen LogP contribution in [0, 0.1) is 0 Å². The van der Waals surface area contributed by atoms with Crippen molar-refractivity contribution in [2.75, 3.05) is 31.1 Å². The van der Waals surface area contributed by atoms with Gasteiger partial charge in [0.25, 0.3) is 0 Å². The number of nitrogens with one attached hydrogen (secondary N) is 1. The Bertz CT molecular complexity index is 1480. The van der Waals surface area contributed by atoms with Gasteiger partial charge in [0.2, 0.25) is 0 Å². The van der Waals surface area contributed by atoms with E-state index < -0.39 is 0 Å². The third kappa shape index (κ3) is 3.99. The zero-order chi connectivity index (χ0) is 23.8. The molecule has 1 saturated heterocycles. The summed E-state index contributed by atoms with van der Waals surface area (Å²) in [6, 6.07) is 30.0. The van der Waals surface area contributed by atoms with Gasteiger partial charge in [-0.15, -0.1) is 0 Å². The zero-order valence-corrected chi connectivity index (χ0v) is 20.5. The summed E-state index contributed by atoms with van der Waals surface area (Å²) in [4.78, 5) is 7.14. The Morgan fingerprint density at radius 2 is 1.49 bits per heavy atom. The number of halogens is 1. The van der Waals surface area contributed by atoms with E-state index in [1.807, 2.05) is 12.1 Å². The van der Waals surface area contributed by atoms with Gasteiger partial charge in [-0.2, -0.15) is 0 Å². The molecule has 4 nitrogen and oxygen atoms in total. The minimum absolute atomic E-state index is 0.717. The number of hydrogen-bond donors (Lipinski definition) is 1. The molecule has 35 heavy (non-hydrogen) atoms. The topological polar surface area (TPSA) is 33.1 Å². The van der Waals surface area contributed by atoms with Crippen molar-refractivity contribution in [1.82, 2.24) is 14.9 Å². The number of aromatic nitrogens is 2. The molecule has 6 rings (SSSR count). The molecule has 3 heterocycles. The Kier molecular flexibility index (Phi) is 5.77. The molecule has 1 aliphatic rings. The summed E-state index contributed by atoms with van der Waals surface area (Å²) in [5.74, 6) is 0. The van der Waals surface area contributed by atoms with Crippen LogP contribution >= 0.6 is 11.6 Å². The van der Waals surface area contributed by atoms with Crippen molar-refractivity contribution in [3.63, 3.8) is 0 Å². The molecule has 0 saturated carbocycles. The van der Waals surface area contributed by atoms with Crippen molar-refractivity contribution in [2.45, 2.75) is 0 Å². The number of pyridine rings is 1. The molecule has 2 aromatic heterocycles. The van der Waals surface area contributed by atoms with Crippen molar-refractivity contribution in [3.8, 4) is 33.5 Å². The van der Waals surface area contributed by atoms with Crippen molar-refractivity contribution in [2.24, 2.45) is 7.05 Å². The Morgan fingerprint density at radius 3 is 2.26 bits per heavy atom. The maximum absolute atomic E-state index is 6.80. The van der Waals surface area contributed by atoms with E-state index in [-0.39, 0.29) is 0 Å². The van der Waals surface area contributed by atoms with Crippen LogP contribution in [0.15, 0.2) is 91.1 Å². The first kappa shape index (κ1) is 21.9. The number of fused-ring (bicyclic) bond motifs is 1. The molecule has 1 N–H and O–H groups in total. The second kappa shape index (κ2) is 9.21. The average Bonchev–Trinajstić information content (AvgIpc) is 3.23. The SMILES string of the molecule is Cn1c(-c2ccc(N3CCNCC3)cc2)c(-c2cccc(-c3ccccc3)c2)c2c(Cl)ccnc21. The molecule has 0 radical (unpaired) electrons. The number of hydrogen-bond acceptors (Lipinski definition) is 3. The fourth-order valence-corrected chi connectivity index (χ4v) is 5.40. The van der Waals surface area contributed by atoms with Crippen LogP contribution < -0.4 is 10.2 Å². The highest BCUT2D eigenvalue weighted by molar-refractivity contribution is 6.37. The fourth-order valence-electron chi connectivity index (χ4n) is 5.16. The Labute approximate surface area is 210 Å². The van der Waals surface area contributed by atoms with Gasteiger partial charge in [-0.25, -0.2) is 4.98 Å². The molecular formula is C30H27ClN4. The molecule has 5 aromatic rings. The second-order valence-electron chi connectivity index (χ2n) is 9.00. The van der Waals surface area contributed by atoms with Crippen LogP contribution in [-0.4, -0.2) is 35.7 Å². The van der Waals surface area contributed by atoms with Gasteiger partial charge in [-0.05, 0) is 46.5 Å². The standard InChI is InChI=1S/C30H27ClN4/c1-34-29(22-10-12-25(13-11-22)35-18-16-32-17-19-35)27(28-26(31)14-15-33-30(28)34)24-9-5-8-23(20-24)21-6-3-2-4-7-21/h2-15,20,32H,16-19H2,1H3. The van der Waals surface area contributed by atoms with Crippen LogP contribution in [0.3, 0.4) is 0 Å². The molecule has 0 atom stereocenters. The predicted octanol–water partition coefficient (Wildman–Crippen LogP) is 6.64. The molecule has 0 aliphatic carbocycles. The molecule has 1 fully saturated rings. The second-order valence-corrected chi connectivity index (χ2v) is 9.41. The molecule has 5 heteroatoms. The smallest absolute Gasteiger partial charge is 0.142 e. The summed E-state index contributed by atoms with van der Waals surface area (Å²) in [5.41, 5.74) is 9.05. The molecule has 3 aromatic carbocycles. The first-order valence-electron chi connectivity index (χ1n) is 12.1. The number of anilines is 1. The maximum Gasteiger partial charge on any atom is 0.142 e. The summed E-state index contributed by atoms with van der Waals surface area (Å²) in [7, 11) is 2.08. The van der Waals surface area contributed by atoms with Gasteiger partial charge in [-0.3, -0.25) is 0 Å². The van der Waals surface area contributed by atoms with Gasteiger partial charge in [0, 0.05) is 56.1 Å². The lowest BCUT2D eigenvalue weighted by Gasteiger charge is -2.29. The van der Waals surface area contributed by atoms with E-state index >= 15 is 0 Å². The average molecular weight is 479 g/mol. The minimum atomic E-state index is 0.717. The molecule has 0 amide bonds. The molecule has 174 valence electrons. The number of benzene rings is 3. The van der Waals surface area contributed by atoms with Crippen molar-refractivity contribution < 1.29 is 0 Å². The lowest BCUT2D eigenvalue weighted by Crippen LogP contribution is -2.43. The van der Waals surface area contributed by atoms with Crippen molar-refractivity contribution in [1.29, 1.82) is 0 Å². The van der Waals surface area contributed by atoms with E-state index in [0.29, 0.717) is 0 Å². The molecule has 0 bridgehead atoms. The van der Waals surface area contributed by atoms with Crippen LogP contribution in [-0.2, 0) is 7.05 Å². The largest absolute Gasteiger partial charge is 0.369 e. The van der Waals surface area contributed by atoms with Crippen molar-refractivity contribution in [3.05, 3.63) is 96.1 Å². The summed E-state index contributed by atoms with van der Waals surface area (Å²) >= 11 is 6.80. The number of rotatable bonds is 4. The summed E-state index contributed by atoms with van der Waals surface area (Å²) < 4.78 is 2.17. The van der Waals surface area contributed by atoms with E-state index in [4.69, 9.17) is 16.6 Å². The van der Waals surface area contributed by atoms with E-state index in [2.05, 4.69) is 94.6 Å². The van der Waals surface area contributed by atoms with Gasteiger partial charge in [0.15, 0.2) is 0 Å². The quantitative estimate of drug-likeness (QED) is 0.314. The predicted molar refractivity (Wildman–Crippen MR) is 147 cm³/mol. The van der Waals surface area contributed by atoms with Crippen LogP contribution in [0.4, 0.5) is 5.69 Å². The third-order valence-corrected chi connectivity index (χ3v) is 7.22. The van der Waals surface area contributed by atoms with Gasteiger partial charge < -0.3 is 14.8 Å². The number of piperazine rings is 1. The van der Waals surface area contributed by atoms with Crippen LogP contribution in [0.5, 0.6) is 0 Å². The maximum atomic E-state index is 6.80. The molecule has 0 unspecified atom stereocenters. The highest BCUT2D eigenvalue weighted by atomic mass is 35.5. The van der Waals surface area contributed by atoms with E-state index in [9.17, 15) is 0 Å². The molecular weight excluding hydrogens is 452 g/mol. The van der Waals surface area contributed by atoms with Crippen molar-refractivity contribution >= 4 is 28.3 Å². The Balaban J connectivity index is 1.53. The summed E-state index contributed by atoms with van der Waals surface area (Å²) in [5, 5.41) is 5.13. The highest BCUT2D eigenvalue weighted by Gasteiger charge is 2.22. The van der Waals surface area contributed by atoms with Crippen LogP contribution in [0.1, 0.15) is 0 Å². The highest BCUT2D eigenvalue weighted by Crippen LogP contribution is 2.43. The van der Waals surface area contributed by atoms with E-state index in [1.54, 1.807) is 6.20 Å². The zero-order valence-electron chi connectivity index (χ0n) is 19.7. The lowest BCUT2D eigenvalue weighted by atomic mass is 9.95. The summed E-state index contributed by atoms with van der Waals surface area (Å²) in [6.45, 7) is 4.11. The van der Waals surface area contributed by atoms with Crippen LogP contribution in [0.25, 0.3) is 44.5 Å². The van der Waals surface area contributed by atoms with Gasteiger partial charge >= 0.3 is 0 Å². The van der Waals surface area contributed by atoms with Gasteiger partial charge in [-0.1, -0.05) is 72.3 Å². The Morgan fingerprint density at radius 1 is 0.771 bits per heavy atom. The minimum Gasteiger partial charge on any atom is -0.369 e. The summed E-state index contributed by atoms with van der Waals surface area (Å²) in [6.07, 6.45) is 1.78.